The van der Waals surface area contributed by atoms with E-state index in [2.05, 4.69) is 0 Å². The largest absolute Gasteiger partial charge is 0.475 e. The first-order valence-corrected chi connectivity index (χ1v) is 7.81. The highest BCUT2D eigenvalue weighted by molar-refractivity contribution is 5.86. The van der Waals surface area contributed by atoms with Gasteiger partial charge in [-0.15, -0.1) is 0 Å². The molecule has 3 rings (SSSR count). The van der Waals surface area contributed by atoms with Gasteiger partial charge in [0.1, 0.15) is 17.2 Å². The number of hydrogen-bond donors (Lipinski definition) is 2. The Kier molecular flexibility index (Phi) is 4.22. The van der Waals surface area contributed by atoms with Crippen LogP contribution in [-0.4, -0.2) is 16.2 Å². The molecule has 0 aliphatic heterocycles. The summed E-state index contributed by atoms with van der Waals surface area (Å²) in [7, 11) is 0. The molecule has 1 aromatic heterocycles. The second-order valence-corrected chi connectivity index (χ2v) is 6.17. The van der Waals surface area contributed by atoms with E-state index in [1.807, 2.05) is 0 Å². The van der Waals surface area contributed by atoms with Gasteiger partial charge in [0.15, 0.2) is 0 Å². The van der Waals surface area contributed by atoms with Crippen molar-refractivity contribution in [3.8, 4) is 0 Å². The highest BCUT2D eigenvalue weighted by Crippen LogP contribution is 2.39. The van der Waals surface area contributed by atoms with Crippen LogP contribution in [0.25, 0.3) is 0 Å². The SMILES string of the molecule is O=C(O)c1oc(C2(O)CCCCC2)cc1Cc1ccc(F)cc1. The van der Waals surface area contributed by atoms with E-state index in [1.165, 1.54) is 12.1 Å². The zero-order valence-corrected chi connectivity index (χ0v) is 12.7. The van der Waals surface area contributed by atoms with Crippen LogP contribution in [0.4, 0.5) is 4.39 Å². The summed E-state index contributed by atoms with van der Waals surface area (Å²) in [5, 5.41) is 20.1. The van der Waals surface area contributed by atoms with Gasteiger partial charge in [0.2, 0.25) is 5.76 Å². The van der Waals surface area contributed by atoms with E-state index in [0.717, 1.165) is 24.8 Å². The Morgan fingerprint density at radius 1 is 1.17 bits per heavy atom. The van der Waals surface area contributed by atoms with Crippen molar-refractivity contribution in [2.75, 3.05) is 0 Å². The minimum atomic E-state index is -1.16. The summed E-state index contributed by atoms with van der Waals surface area (Å²) in [6.45, 7) is 0. The van der Waals surface area contributed by atoms with E-state index in [0.29, 0.717) is 30.6 Å². The molecule has 0 atom stereocenters. The van der Waals surface area contributed by atoms with Crippen LogP contribution in [0.2, 0.25) is 0 Å². The maximum atomic E-state index is 13.0. The van der Waals surface area contributed by atoms with Crippen molar-refractivity contribution in [1.29, 1.82) is 0 Å². The monoisotopic (exact) mass is 318 g/mol. The van der Waals surface area contributed by atoms with E-state index in [9.17, 15) is 19.4 Å². The van der Waals surface area contributed by atoms with Gasteiger partial charge in [-0.3, -0.25) is 0 Å². The van der Waals surface area contributed by atoms with E-state index in [4.69, 9.17) is 4.42 Å². The summed E-state index contributed by atoms with van der Waals surface area (Å²) in [5.74, 6) is -1.32. The summed E-state index contributed by atoms with van der Waals surface area (Å²) < 4.78 is 18.5. The third kappa shape index (κ3) is 3.29. The number of furan rings is 1. The van der Waals surface area contributed by atoms with Gasteiger partial charge in [-0.2, -0.15) is 0 Å². The maximum absolute atomic E-state index is 13.0. The van der Waals surface area contributed by atoms with Gasteiger partial charge in [0.25, 0.3) is 0 Å². The average molecular weight is 318 g/mol. The van der Waals surface area contributed by atoms with Gasteiger partial charge in [0, 0.05) is 12.0 Å². The summed E-state index contributed by atoms with van der Waals surface area (Å²) in [5.41, 5.74) is 0.207. The van der Waals surface area contributed by atoms with Crippen LogP contribution in [0.1, 0.15) is 59.5 Å². The second-order valence-electron chi connectivity index (χ2n) is 6.17. The van der Waals surface area contributed by atoms with E-state index in [1.54, 1.807) is 18.2 Å². The number of hydrogen-bond acceptors (Lipinski definition) is 3. The number of aromatic carboxylic acids is 1. The lowest BCUT2D eigenvalue weighted by atomic mass is 9.83. The molecular formula is C18H19FO4. The van der Waals surface area contributed by atoms with Crippen molar-refractivity contribution in [2.45, 2.75) is 44.1 Å². The van der Waals surface area contributed by atoms with Crippen LogP contribution in [0.15, 0.2) is 34.7 Å². The fraction of sp³-hybridized carbons (Fsp3) is 0.389. The summed E-state index contributed by atoms with van der Waals surface area (Å²) in [6, 6.07) is 7.54. The van der Waals surface area contributed by atoms with Gasteiger partial charge in [0.05, 0.1) is 0 Å². The van der Waals surface area contributed by atoms with Gasteiger partial charge < -0.3 is 14.6 Å². The minimum absolute atomic E-state index is 0.150. The van der Waals surface area contributed by atoms with Crippen LogP contribution in [0.3, 0.4) is 0 Å². The number of rotatable bonds is 4. The standard InChI is InChI=1S/C18H19FO4/c19-14-6-4-12(5-7-14)10-13-11-15(23-16(13)17(20)21)18(22)8-2-1-3-9-18/h4-7,11,22H,1-3,8-10H2,(H,20,21). The first-order chi connectivity index (χ1) is 11.0. The minimum Gasteiger partial charge on any atom is -0.475 e. The lowest BCUT2D eigenvalue weighted by Gasteiger charge is -2.29. The molecule has 0 radical (unpaired) electrons. The van der Waals surface area contributed by atoms with Gasteiger partial charge in [-0.1, -0.05) is 31.4 Å². The lowest BCUT2D eigenvalue weighted by Crippen LogP contribution is -2.27. The van der Waals surface area contributed by atoms with Crippen LogP contribution in [0, 0.1) is 5.82 Å². The molecule has 1 aliphatic rings. The molecule has 1 aliphatic carbocycles. The molecule has 1 saturated carbocycles. The lowest BCUT2D eigenvalue weighted by molar-refractivity contribution is -0.0207. The van der Waals surface area contributed by atoms with Crippen molar-refractivity contribution in [3.05, 3.63) is 58.8 Å². The topological polar surface area (TPSA) is 70.7 Å². The van der Waals surface area contributed by atoms with Crippen LogP contribution < -0.4 is 0 Å². The number of carbonyl (C=O) groups is 1. The van der Waals surface area contributed by atoms with Gasteiger partial charge in [-0.25, -0.2) is 9.18 Å². The summed E-state index contributed by atoms with van der Waals surface area (Å²) in [6.07, 6.45) is 4.34. The predicted molar refractivity (Wildman–Crippen MR) is 81.9 cm³/mol. The van der Waals surface area contributed by atoms with Crippen LogP contribution in [-0.2, 0) is 12.0 Å². The predicted octanol–water partition coefficient (Wildman–Crippen LogP) is 3.86. The summed E-state index contributed by atoms with van der Waals surface area (Å²) in [4.78, 5) is 11.4. The van der Waals surface area contributed by atoms with Crippen molar-refractivity contribution in [3.63, 3.8) is 0 Å². The molecule has 1 fully saturated rings. The molecule has 2 aromatic rings. The van der Waals surface area contributed by atoms with Crippen LogP contribution >= 0.6 is 0 Å². The molecule has 5 heteroatoms. The molecule has 0 saturated heterocycles. The number of aliphatic hydroxyl groups is 1. The molecule has 2 N–H and O–H groups in total. The first kappa shape index (κ1) is 15.7. The van der Waals surface area contributed by atoms with Crippen molar-refractivity contribution in [1.82, 2.24) is 0 Å². The Bertz CT molecular complexity index is 696. The highest BCUT2D eigenvalue weighted by atomic mass is 19.1. The zero-order valence-electron chi connectivity index (χ0n) is 12.7. The molecule has 0 bridgehead atoms. The van der Waals surface area contributed by atoms with E-state index >= 15 is 0 Å². The number of carboxylic acids is 1. The molecule has 1 heterocycles. The van der Waals surface area contributed by atoms with Crippen molar-refractivity contribution >= 4 is 5.97 Å². The van der Waals surface area contributed by atoms with Gasteiger partial charge >= 0.3 is 5.97 Å². The van der Waals surface area contributed by atoms with E-state index in [-0.39, 0.29) is 11.6 Å². The third-order valence-electron chi connectivity index (χ3n) is 4.45. The smallest absolute Gasteiger partial charge is 0.372 e. The first-order valence-electron chi connectivity index (χ1n) is 7.81. The fourth-order valence-electron chi connectivity index (χ4n) is 3.18. The number of benzene rings is 1. The second kappa shape index (κ2) is 6.16. The fourth-order valence-corrected chi connectivity index (χ4v) is 3.18. The molecule has 1 aromatic carbocycles. The molecule has 4 nitrogen and oxygen atoms in total. The number of halogens is 1. The Morgan fingerprint density at radius 2 is 1.83 bits per heavy atom. The molecule has 23 heavy (non-hydrogen) atoms. The molecule has 0 spiro atoms. The quantitative estimate of drug-likeness (QED) is 0.898. The molecule has 0 unspecified atom stereocenters. The average Bonchev–Trinajstić information content (AvgIpc) is 2.95. The molecule has 0 amide bonds. The van der Waals surface area contributed by atoms with Crippen molar-refractivity contribution in [2.24, 2.45) is 0 Å². The van der Waals surface area contributed by atoms with Crippen LogP contribution in [0.5, 0.6) is 0 Å². The highest BCUT2D eigenvalue weighted by Gasteiger charge is 2.36. The maximum Gasteiger partial charge on any atom is 0.372 e. The normalized spacial score (nSPS) is 17.1. The Morgan fingerprint density at radius 3 is 2.43 bits per heavy atom. The van der Waals surface area contributed by atoms with E-state index < -0.39 is 11.6 Å². The van der Waals surface area contributed by atoms with Gasteiger partial charge in [-0.05, 0) is 36.6 Å². The zero-order chi connectivity index (χ0) is 16.4. The summed E-state index contributed by atoms with van der Waals surface area (Å²) >= 11 is 0. The Balaban J connectivity index is 1.92. The van der Waals surface area contributed by atoms with Crippen molar-refractivity contribution < 1.29 is 23.8 Å². The molecular weight excluding hydrogens is 299 g/mol. The molecule has 122 valence electrons. The Hall–Kier alpha value is -2.14. The Labute approximate surface area is 133 Å². The third-order valence-corrected chi connectivity index (χ3v) is 4.45. The number of carboxylic acid groups (broad SMARTS) is 1.